The molecule has 0 aromatic heterocycles. The van der Waals surface area contributed by atoms with E-state index in [0.717, 1.165) is 42.4 Å². The van der Waals surface area contributed by atoms with Gasteiger partial charge in [0, 0.05) is 30.8 Å². The van der Waals surface area contributed by atoms with Gasteiger partial charge in [-0.25, -0.2) is 4.99 Å². The molecule has 0 bridgehead atoms. The lowest BCUT2D eigenvalue weighted by atomic mass is 10.0. The van der Waals surface area contributed by atoms with Gasteiger partial charge in [-0.15, -0.1) is 0 Å². The fraction of sp³-hybridized carbons (Fsp3) is 0.652. The number of aliphatic hydroxyl groups is 1. The predicted octanol–water partition coefficient (Wildman–Crippen LogP) is 3.59. The highest BCUT2D eigenvalue weighted by Gasteiger charge is 2.32. The minimum Gasteiger partial charge on any atom is -0.475 e. The summed E-state index contributed by atoms with van der Waals surface area (Å²) in [7, 11) is 0. The Morgan fingerprint density at radius 2 is 1.71 bits per heavy atom. The van der Waals surface area contributed by atoms with Crippen molar-refractivity contribution in [2.75, 3.05) is 26.3 Å². The molecule has 5 nitrogen and oxygen atoms in total. The molecule has 0 unspecified atom stereocenters. The normalized spacial score (nSPS) is 23.2. The molecule has 5 heteroatoms. The number of aliphatic hydroxyl groups excluding tert-OH is 1. The monoisotopic (exact) mass is 385 g/mol. The molecule has 3 atom stereocenters. The summed E-state index contributed by atoms with van der Waals surface area (Å²) in [5, 5.41) is 9.31. The number of hydrogen-bond acceptors (Lipinski definition) is 5. The Morgan fingerprint density at radius 3 is 2.32 bits per heavy atom. The molecule has 0 fully saturated rings. The first kappa shape index (κ1) is 20.8. The Morgan fingerprint density at radius 1 is 1.04 bits per heavy atom. The molecule has 3 rings (SSSR count). The largest absolute Gasteiger partial charge is 0.475 e. The minimum atomic E-state index is 0.220. The maximum Gasteiger partial charge on any atom is 0.217 e. The second-order valence-corrected chi connectivity index (χ2v) is 8.89. The zero-order valence-corrected chi connectivity index (χ0v) is 17.9. The van der Waals surface area contributed by atoms with Gasteiger partial charge >= 0.3 is 0 Å². The third-order valence-corrected chi connectivity index (χ3v) is 5.76. The van der Waals surface area contributed by atoms with Crippen LogP contribution in [0.25, 0.3) is 0 Å². The predicted molar refractivity (Wildman–Crippen MR) is 115 cm³/mol. The summed E-state index contributed by atoms with van der Waals surface area (Å²) in [6, 6.07) is 8.85. The highest BCUT2D eigenvalue weighted by Crippen LogP contribution is 2.26. The lowest BCUT2D eigenvalue weighted by Crippen LogP contribution is -2.35. The Bertz CT molecular complexity index is 726. The molecule has 2 aliphatic rings. The highest BCUT2D eigenvalue weighted by molar-refractivity contribution is 6.10. The van der Waals surface area contributed by atoms with Crippen LogP contribution in [0, 0.1) is 17.8 Å². The van der Waals surface area contributed by atoms with E-state index in [2.05, 4.69) is 57.7 Å². The summed E-state index contributed by atoms with van der Waals surface area (Å²) in [5.41, 5.74) is 2.14. The van der Waals surface area contributed by atoms with Crippen molar-refractivity contribution in [2.45, 2.75) is 53.1 Å². The topological polar surface area (TPSA) is 57.4 Å². The van der Waals surface area contributed by atoms with Gasteiger partial charge in [0.05, 0.1) is 12.1 Å². The van der Waals surface area contributed by atoms with Crippen LogP contribution in [0.1, 0.15) is 52.2 Å². The van der Waals surface area contributed by atoms with Crippen LogP contribution >= 0.6 is 0 Å². The van der Waals surface area contributed by atoms with Gasteiger partial charge in [0.1, 0.15) is 12.4 Å². The number of benzene rings is 1. The molecular weight excluding hydrogens is 350 g/mol. The second kappa shape index (κ2) is 9.08. The van der Waals surface area contributed by atoms with E-state index in [-0.39, 0.29) is 12.6 Å². The molecule has 28 heavy (non-hydrogen) atoms. The van der Waals surface area contributed by atoms with Crippen molar-refractivity contribution < 1.29 is 9.84 Å². The van der Waals surface area contributed by atoms with E-state index >= 15 is 0 Å². The first-order valence-electron chi connectivity index (χ1n) is 10.6. The molecule has 154 valence electrons. The van der Waals surface area contributed by atoms with Crippen LogP contribution in [0.4, 0.5) is 0 Å². The molecule has 0 saturated carbocycles. The molecule has 0 spiro atoms. The number of rotatable bonds is 8. The van der Waals surface area contributed by atoms with Crippen LogP contribution in [0.15, 0.2) is 34.3 Å². The van der Waals surface area contributed by atoms with E-state index in [0.29, 0.717) is 30.4 Å². The fourth-order valence-electron chi connectivity index (χ4n) is 3.78. The maximum atomic E-state index is 9.31. The van der Waals surface area contributed by atoms with Crippen molar-refractivity contribution >= 4 is 11.7 Å². The Labute approximate surface area is 169 Å². The van der Waals surface area contributed by atoms with E-state index in [1.54, 1.807) is 0 Å². The Balaban J connectivity index is 1.94. The zero-order chi connectivity index (χ0) is 20.3. The quantitative estimate of drug-likeness (QED) is 0.744. The first-order valence-corrected chi connectivity index (χ1v) is 10.6. The van der Waals surface area contributed by atoms with Crippen LogP contribution in [0.3, 0.4) is 0 Å². The van der Waals surface area contributed by atoms with Gasteiger partial charge in [0.25, 0.3) is 0 Å². The van der Waals surface area contributed by atoms with Crippen molar-refractivity contribution in [3.63, 3.8) is 0 Å². The number of nitrogens with zero attached hydrogens (tertiary/aromatic N) is 3. The Hall–Kier alpha value is -1.88. The van der Waals surface area contributed by atoms with E-state index in [1.807, 2.05) is 6.07 Å². The second-order valence-electron chi connectivity index (χ2n) is 8.89. The molecule has 0 amide bonds. The van der Waals surface area contributed by atoms with Crippen LogP contribution in [-0.4, -0.2) is 60.1 Å². The van der Waals surface area contributed by atoms with Crippen molar-refractivity contribution in [3.8, 4) is 0 Å². The average Bonchev–Trinajstić information content (AvgIpc) is 3.29. The van der Waals surface area contributed by atoms with Gasteiger partial charge in [-0.3, -0.25) is 4.99 Å². The number of amidine groups is 1. The van der Waals surface area contributed by atoms with Gasteiger partial charge in [0.2, 0.25) is 5.90 Å². The number of ether oxygens (including phenoxy) is 1. The summed E-state index contributed by atoms with van der Waals surface area (Å²) < 4.78 is 5.99. The molecular formula is C23H35N3O2. The van der Waals surface area contributed by atoms with Crippen LogP contribution in [0.2, 0.25) is 0 Å². The van der Waals surface area contributed by atoms with Gasteiger partial charge in [0.15, 0.2) is 0 Å². The standard InChI is InChI=1S/C23H35N3O2/c1-15(2)20-13-26(12-17(5)10-11-27)22(24-20)18-8-6-7-9-19(18)23-25-21(14-28-23)16(3)4/h6-9,15-17,20-21,27H,10-14H2,1-5H3/t17-,20+,21+/m0/s1. The highest BCUT2D eigenvalue weighted by atomic mass is 16.5. The average molecular weight is 386 g/mol. The summed E-state index contributed by atoms with van der Waals surface area (Å²) >= 11 is 0. The van der Waals surface area contributed by atoms with E-state index in [9.17, 15) is 5.11 Å². The third kappa shape index (κ3) is 4.57. The van der Waals surface area contributed by atoms with Crippen LogP contribution < -0.4 is 0 Å². The number of hydrogen-bond donors (Lipinski definition) is 1. The summed E-state index contributed by atoms with van der Waals surface area (Å²) in [4.78, 5) is 12.3. The molecule has 1 aromatic carbocycles. The van der Waals surface area contributed by atoms with Gasteiger partial charge in [-0.05, 0) is 30.2 Å². The van der Waals surface area contributed by atoms with Crippen LogP contribution in [0.5, 0.6) is 0 Å². The summed E-state index contributed by atoms with van der Waals surface area (Å²) in [5.74, 6) is 3.16. The van der Waals surface area contributed by atoms with Crippen molar-refractivity contribution in [1.29, 1.82) is 0 Å². The van der Waals surface area contributed by atoms with Crippen molar-refractivity contribution in [2.24, 2.45) is 27.7 Å². The number of aliphatic imine (C=N–C) groups is 2. The smallest absolute Gasteiger partial charge is 0.217 e. The molecule has 2 heterocycles. The molecule has 2 aliphatic heterocycles. The van der Waals surface area contributed by atoms with E-state index in [1.165, 1.54) is 0 Å². The Kier molecular flexibility index (Phi) is 6.76. The molecule has 0 aliphatic carbocycles. The molecule has 1 aromatic rings. The van der Waals surface area contributed by atoms with E-state index < -0.39 is 0 Å². The van der Waals surface area contributed by atoms with E-state index in [4.69, 9.17) is 14.7 Å². The molecule has 0 radical (unpaired) electrons. The van der Waals surface area contributed by atoms with Gasteiger partial charge < -0.3 is 14.7 Å². The first-order chi connectivity index (χ1) is 13.4. The van der Waals surface area contributed by atoms with Gasteiger partial charge in [-0.2, -0.15) is 0 Å². The van der Waals surface area contributed by atoms with Gasteiger partial charge in [-0.1, -0.05) is 52.8 Å². The SMILES string of the molecule is CC(C)[C@H]1COC(c2ccccc2C2=N[C@@H](C(C)C)CN2C[C@@H](C)CCO)=N1. The maximum absolute atomic E-state index is 9.31. The zero-order valence-electron chi connectivity index (χ0n) is 17.9. The summed E-state index contributed by atoms with van der Waals surface area (Å²) in [6.07, 6.45) is 0.809. The lowest BCUT2D eigenvalue weighted by Gasteiger charge is -2.26. The van der Waals surface area contributed by atoms with Crippen molar-refractivity contribution in [3.05, 3.63) is 35.4 Å². The third-order valence-electron chi connectivity index (χ3n) is 5.76. The molecule has 0 saturated heterocycles. The lowest BCUT2D eigenvalue weighted by molar-refractivity contribution is 0.242. The fourth-order valence-corrected chi connectivity index (χ4v) is 3.78. The molecule has 1 N–H and O–H groups in total. The summed E-state index contributed by atoms with van der Waals surface area (Å²) in [6.45, 7) is 13.7. The van der Waals surface area contributed by atoms with Crippen LogP contribution in [-0.2, 0) is 4.74 Å². The minimum absolute atomic E-state index is 0.220. The van der Waals surface area contributed by atoms with Crippen molar-refractivity contribution in [1.82, 2.24) is 4.90 Å².